The van der Waals surface area contributed by atoms with Crippen LogP contribution in [0.5, 0.6) is 11.6 Å². The van der Waals surface area contributed by atoms with Crippen LogP contribution >= 0.6 is 0 Å². The summed E-state index contributed by atoms with van der Waals surface area (Å²) in [7, 11) is 1.43. The van der Waals surface area contributed by atoms with E-state index >= 15 is 0 Å². The number of nitrogens with two attached hydrogens (primary N) is 1. The first-order chi connectivity index (χ1) is 33.2. The Labute approximate surface area is 401 Å². The summed E-state index contributed by atoms with van der Waals surface area (Å²) in [4.78, 5) is 20.5. The van der Waals surface area contributed by atoms with Gasteiger partial charge in [0.05, 0.1) is 50.1 Å². The lowest BCUT2D eigenvalue weighted by atomic mass is 9.63. The number of nitriles is 1. The standard InChI is InChI=1S/C53H62N6O10/c1-52(2,37-19-34(33-9-12-43-40(21-33)41(55)26-67-43)18-35(20-37)42(60)24-59-14-13-32-5-4-6-39(46(32)59)49(63)64)36-10-7-29(8-11-36)15-30-16-31(17-30)25-66-27-53-28-68-50(69-53)45(47(61)48(53)62)58-51-56-38(23-54)22-44(57-51)65-3/h4-6,9,12-14,18-22,29-31,36,41-42,45,47-48,50,60-62H,7-8,10-11,15-17,24-28,55H2,1-3H3,(H,63,64)(H,56,57,58)/t29?,30?,31?,36?,41-,42-,45-,47-,48-,50+,53+/m1/s1. The van der Waals surface area contributed by atoms with Crippen molar-refractivity contribution in [1.82, 2.24) is 14.5 Å². The molecule has 2 bridgehead atoms. The van der Waals surface area contributed by atoms with E-state index in [9.17, 15) is 30.5 Å². The van der Waals surface area contributed by atoms with E-state index in [2.05, 4.69) is 59.5 Å². The molecule has 2 aromatic heterocycles. The van der Waals surface area contributed by atoms with E-state index in [-0.39, 0.29) is 54.3 Å². The lowest BCUT2D eigenvalue weighted by Gasteiger charge is -2.44. The van der Waals surface area contributed by atoms with E-state index in [0.717, 1.165) is 71.9 Å². The molecule has 3 aliphatic heterocycles. The van der Waals surface area contributed by atoms with Crippen molar-refractivity contribution in [1.29, 1.82) is 5.26 Å². The highest BCUT2D eigenvalue weighted by Gasteiger charge is 2.59. The summed E-state index contributed by atoms with van der Waals surface area (Å²) in [5.41, 5.74) is 10.8. The number of aliphatic hydroxyl groups excluding tert-OH is 3. The SMILES string of the molecule is COc1cc(C#N)nc(N[C@H]2[C@H]3OC[C@](COCC4CC(CC5CCC(C(C)(C)c6cc(-c7ccc8c(c7)[C@H](N)CO8)cc([C@H](O)Cn7ccc8cccc(C(=O)O)c87)c6)CC5)C4)(O3)[C@H](O)[C@@H]2O)n1. The zero-order chi connectivity index (χ0) is 48.2. The normalized spacial score (nSPS) is 28.9. The fourth-order valence-electron chi connectivity index (χ4n) is 11.7. The van der Waals surface area contributed by atoms with Gasteiger partial charge in [0.2, 0.25) is 11.8 Å². The van der Waals surface area contributed by atoms with Crippen LogP contribution in [0.15, 0.2) is 72.9 Å². The average Bonchev–Trinajstić information content (AvgIpc) is 4.07. The number of hydrogen-bond donors (Lipinski definition) is 6. The van der Waals surface area contributed by atoms with Crippen LogP contribution in [0, 0.1) is 35.0 Å². The van der Waals surface area contributed by atoms with Crippen molar-refractivity contribution in [2.24, 2.45) is 29.4 Å². The topological polar surface area (TPSA) is 237 Å². The molecule has 2 aliphatic carbocycles. The molecule has 7 atom stereocenters. The van der Waals surface area contributed by atoms with Gasteiger partial charge in [-0.1, -0.05) is 57.0 Å². The van der Waals surface area contributed by atoms with Gasteiger partial charge in [-0.2, -0.15) is 10.2 Å². The summed E-state index contributed by atoms with van der Waals surface area (Å²) >= 11 is 0. The number of fused-ring (bicyclic) bond motifs is 4. The number of carboxylic acid groups (broad SMARTS) is 1. The Hall–Kier alpha value is -5.64. The first-order valence-electron chi connectivity index (χ1n) is 24.2. The fourth-order valence-corrected chi connectivity index (χ4v) is 11.7. The molecule has 0 unspecified atom stereocenters. The summed E-state index contributed by atoms with van der Waals surface area (Å²) in [6.07, 6.45) is 5.43. The lowest BCUT2D eigenvalue weighted by Crippen LogP contribution is -2.64. The number of carbonyl (C=O) groups is 1. The molecule has 69 heavy (non-hydrogen) atoms. The minimum atomic E-state index is -1.30. The van der Waals surface area contributed by atoms with E-state index in [4.69, 9.17) is 29.4 Å². The maximum Gasteiger partial charge on any atom is 0.337 e. The van der Waals surface area contributed by atoms with E-state index in [1.54, 1.807) is 12.1 Å². The second-order valence-corrected chi connectivity index (χ2v) is 20.6. The number of methoxy groups -OCH3 is 1. The number of hydrogen-bond acceptors (Lipinski definition) is 14. The van der Waals surface area contributed by atoms with Crippen molar-refractivity contribution < 1.29 is 48.9 Å². The number of rotatable bonds is 16. The number of nitrogens with one attached hydrogen (secondary N) is 1. The van der Waals surface area contributed by atoms with Crippen LogP contribution in [0.1, 0.15) is 104 Å². The molecule has 7 N–H and O–H groups in total. The molecule has 3 aromatic carbocycles. The number of para-hydroxylation sites is 1. The van der Waals surface area contributed by atoms with E-state index in [1.807, 2.05) is 35.0 Å². The number of carboxylic acids is 1. The maximum absolute atomic E-state index is 12.2. The molecule has 0 radical (unpaired) electrons. The molecule has 4 fully saturated rings. The fraction of sp³-hybridized carbons (Fsp3) is 0.509. The predicted molar refractivity (Wildman–Crippen MR) is 255 cm³/mol. The number of aromatic nitrogens is 3. The molecule has 5 aliphatic rings. The van der Waals surface area contributed by atoms with Gasteiger partial charge < -0.3 is 59.7 Å². The smallest absolute Gasteiger partial charge is 0.337 e. The van der Waals surface area contributed by atoms with Crippen molar-refractivity contribution >= 4 is 22.8 Å². The molecule has 0 amide bonds. The highest BCUT2D eigenvalue weighted by molar-refractivity contribution is 6.02. The molecule has 16 nitrogen and oxygen atoms in total. The van der Waals surface area contributed by atoms with Crippen LogP contribution in [0.3, 0.4) is 0 Å². The maximum atomic E-state index is 12.2. The van der Waals surface area contributed by atoms with E-state index < -0.39 is 42.2 Å². The second-order valence-electron chi connectivity index (χ2n) is 20.6. The van der Waals surface area contributed by atoms with Gasteiger partial charge in [0.15, 0.2) is 6.29 Å². The minimum absolute atomic E-state index is 0.0446. The van der Waals surface area contributed by atoms with Crippen LogP contribution in [0.25, 0.3) is 22.0 Å². The quantitative estimate of drug-likeness (QED) is 0.0608. The van der Waals surface area contributed by atoms with Crippen molar-refractivity contribution in [3.63, 3.8) is 0 Å². The van der Waals surface area contributed by atoms with Crippen molar-refractivity contribution in [3.05, 3.63) is 101 Å². The number of aromatic carboxylic acids is 1. The number of nitrogens with zero attached hydrogens (tertiary/aromatic N) is 4. The van der Waals surface area contributed by atoms with Gasteiger partial charge in [-0.25, -0.2) is 9.78 Å². The van der Waals surface area contributed by atoms with Gasteiger partial charge in [-0.05, 0) is 114 Å². The molecule has 364 valence electrons. The summed E-state index contributed by atoms with van der Waals surface area (Å²) in [5.74, 6) is 2.19. The molecule has 2 saturated carbocycles. The van der Waals surface area contributed by atoms with E-state index in [1.165, 1.54) is 25.2 Å². The summed E-state index contributed by atoms with van der Waals surface area (Å²) in [6.45, 7) is 6.00. The van der Waals surface area contributed by atoms with Gasteiger partial charge >= 0.3 is 5.97 Å². The van der Waals surface area contributed by atoms with Gasteiger partial charge in [0.25, 0.3) is 0 Å². The number of ether oxygens (including phenoxy) is 5. The minimum Gasteiger partial charge on any atom is -0.491 e. The number of anilines is 1. The Kier molecular flexibility index (Phi) is 12.9. The van der Waals surface area contributed by atoms with Gasteiger partial charge in [0, 0.05) is 29.8 Å². The molecular weight excluding hydrogens is 881 g/mol. The lowest BCUT2D eigenvalue weighted by molar-refractivity contribution is -0.231. The van der Waals surface area contributed by atoms with Crippen LogP contribution in [-0.2, 0) is 26.2 Å². The van der Waals surface area contributed by atoms with Gasteiger partial charge in [0.1, 0.15) is 48.0 Å². The van der Waals surface area contributed by atoms with Crippen LogP contribution < -0.4 is 20.5 Å². The van der Waals surface area contributed by atoms with E-state index in [0.29, 0.717) is 42.4 Å². The molecular formula is C53H62N6O10. The third-order valence-corrected chi connectivity index (χ3v) is 15.9. The van der Waals surface area contributed by atoms with Gasteiger partial charge in [-0.15, -0.1) is 0 Å². The van der Waals surface area contributed by atoms with Crippen LogP contribution in [0.4, 0.5) is 5.95 Å². The van der Waals surface area contributed by atoms with Crippen molar-refractivity contribution in [2.45, 2.75) is 113 Å². The van der Waals surface area contributed by atoms with Crippen LogP contribution in [-0.4, -0.2) is 105 Å². The summed E-state index contributed by atoms with van der Waals surface area (Å²) < 4.78 is 31.1. The Morgan fingerprint density at radius 3 is 2.61 bits per heavy atom. The Bertz CT molecular complexity index is 2740. The Balaban J connectivity index is 0.743. The molecule has 2 saturated heterocycles. The third-order valence-electron chi connectivity index (χ3n) is 15.9. The zero-order valence-corrected chi connectivity index (χ0v) is 39.3. The first-order valence-corrected chi connectivity index (χ1v) is 24.2. The highest BCUT2D eigenvalue weighted by atomic mass is 16.7. The van der Waals surface area contributed by atoms with Gasteiger partial charge in [-0.3, -0.25) is 0 Å². The Morgan fingerprint density at radius 2 is 1.84 bits per heavy atom. The zero-order valence-electron chi connectivity index (χ0n) is 39.3. The van der Waals surface area contributed by atoms with Crippen molar-refractivity contribution in [2.75, 3.05) is 38.9 Å². The summed E-state index contributed by atoms with van der Waals surface area (Å²) in [6, 6.07) is 22.0. The number of aliphatic hydroxyl groups is 3. The van der Waals surface area contributed by atoms with Crippen LogP contribution in [0.2, 0.25) is 0 Å². The monoisotopic (exact) mass is 942 g/mol. The largest absolute Gasteiger partial charge is 0.491 e. The molecule has 10 rings (SSSR count). The highest BCUT2D eigenvalue weighted by Crippen LogP contribution is 2.48. The molecule has 5 aromatic rings. The second kappa shape index (κ2) is 18.9. The summed E-state index contributed by atoms with van der Waals surface area (Å²) in [5, 5.41) is 57.5. The number of benzene rings is 3. The predicted octanol–water partition coefficient (Wildman–Crippen LogP) is 6.65. The molecule has 16 heteroatoms. The molecule has 0 spiro atoms. The average molecular weight is 943 g/mol. The Morgan fingerprint density at radius 1 is 1.03 bits per heavy atom. The first kappa shape index (κ1) is 47.1. The van der Waals surface area contributed by atoms with Crippen molar-refractivity contribution in [3.8, 4) is 28.8 Å². The third kappa shape index (κ3) is 9.18. The molecule has 5 heterocycles.